The van der Waals surface area contributed by atoms with E-state index in [1.165, 1.54) is 4.90 Å². The first kappa shape index (κ1) is 17.9. The van der Waals surface area contributed by atoms with Crippen molar-refractivity contribution in [1.82, 2.24) is 9.80 Å². The Kier molecular flexibility index (Phi) is 5.17. The van der Waals surface area contributed by atoms with E-state index in [4.69, 9.17) is 5.26 Å². The van der Waals surface area contributed by atoms with Gasteiger partial charge in [0.15, 0.2) is 0 Å². The van der Waals surface area contributed by atoms with Crippen LogP contribution in [0, 0.1) is 23.2 Å². The van der Waals surface area contributed by atoms with Gasteiger partial charge in [0.1, 0.15) is 0 Å². The maximum atomic E-state index is 12.4. The Bertz CT molecular complexity index is 783. The number of carbonyl (C=O) groups excluding carboxylic acids is 3. The maximum absolute atomic E-state index is 12.4. The third kappa shape index (κ3) is 3.52. The van der Waals surface area contributed by atoms with Gasteiger partial charge in [-0.05, 0) is 30.5 Å². The van der Waals surface area contributed by atoms with Crippen LogP contribution in [0.4, 0.5) is 0 Å². The molecule has 1 heterocycles. The molecule has 1 aromatic carbocycles. The van der Waals surface area contributed by atoms with E-state index in [1.54, 1.807) is 30.1 Å². The highest BCUT2D eigenvalue weighted by Crippen LogP contribution is 2.35. The molecule has 26 heavy (non-hydrogen) atoms. The van der Waals surface area contributed by atoms with Gasteiger partial charge in [-0.2, -0.15) is 5.26 Å². The SMILES string of the molecule is CN(Cc1cccc(C#N)c1)C(=O)CCN1C(=O)[C@H]2CC=CC[C@@H]2C1=O. The molecule has 3 rings (SSSR count). The van der Waals surface area contributed by atoms with E-state index in [0.29, 0.717) is 24.9 Å². The lowest BCUT2D eigenvalue weighted by atomic mass is 9.85. The molecule has 6 heteroatoms. The fourth-order valence-electron chi connectivity index (χ4n) is 3.59. The van der Waals surface area contributed by atoms with Gasteiger partial charge in [0.2, 0.25) is 17.7 Å². The Balaban J connectivity index is 1.56. The molecule has 3 amide bonds. The van der Waals surface area contributed by atoms with Gasteiger partial charge < -0.3 is 4.90 Å². The zero-order valence-electron chi connectivity index (χ0n) is 14.7. The van der Waals surface area contributed by atoms with Crippen molar-refractivity contribution in [1.29, 1.82) is 5.26 Å². The lowest BCUT2D eigenvalue weighted by Crippen LogP contribution is -2.36. The standard InChI is InChI=1S/C20H21N3O3/c1-22(13-15-6-4-5-14(11-15)12-21)18(24)9-10-23-19(25)16-7-2-3-8-17(16)20(23)26/h2-6,11,16-17H,7-10,13H2,1H3/t16-,17-/m0/s1. The lowest BCUT2D eigenvalue weighted by molar-refractivity contribution is -0.140. The summed E-state index contributed by atoms with van der Waals surface area (Å²) in [5, 5.41) is 8.94. The van der Waals surface area contributed by atoms with Crippen molar-refractivity contribution >= 4 is 17.7 Å². The zero-order valence-corrected chi connectivity index (χ0v) is 14.7. The van der Waals surface area contributed by atoms with E-state index in [9.17, 15) is 14.4 Å². The second-order valence-electron chi connectivity index (χ2n) is 6.80. The van der Waals surface area contributed by atoms with Crippen LogP contribution in [0.15, 0.2) is 36.4 Å². The zero-order chi connectivity index (χ0) is 18.7. The molecule has 0 spiro atoms. The van der Waals surface area contributed by atoms with Gasteiger partial charge in [-0.3, -0.25) is 19.3 Å². The Hall–Kier alpha value is -2.94. The van der Waals surface area contributed by atoms with Gasteiger partial charge in [-0.15, -0.1) is 0 Å². The summed E-state index contributed by atoms with van der Waals surface area (Å²) in [7, 11) is 1.68. The van der Waals surface area contributed by atoms with Crippen LogP contribution in [0.2, 0.25) is 0 Å². The molecule has 2 aliphatic rings. The third-order valence-corrected chi connectivity index (χ3v) is 5.05. The Labute approximate surface area is 152 Å². The number of hydrogen-bond acceptors (Lipinski definition) is 4. The van der Waals surface area contributed by atoms with Crippen molar-refractivity contribution in [2.24, 2.45) is 11.8 Å². The third-order valence-electron chi connectivity index (χ3n) is 5.05. The summed E-state index contributed by atoms with van der Waals surface area (Å²) in [6.45, 7) is 0.511. The van der Waals surface area contributed by atoms with E-state index in [1.807, 2.05) is 18.2 Å². The Morgan fingerprint density at radius 2 is 1.88 bits per heavy atom. The number of allylic oxidation sites excluding steroid dienone is 2. The average molecular weight is 351 g/mol. The number of benzene rings is 1. The smallest absolute Gasteiger partial charge is 0.233 e. The number of likely N-dealkylation sites (tertiary alicyclic amines) is 1. The molecule has 1 aliphatic carbocycles. The van der Waals surface area contributed by atoms with Crippen molar-refractivity contribution in [3.8, 4) is 6.07 Å². The van der Waals surface area contributed by atoms with Crippen LogP contribution in [0.1, 0.15) is 30.4 Å². The van der Waals surface area contributed by atoms with Crippen molar-refractivity contribution in [2.75, 3.05) is 13.6 Å². The first-order valence-corrected chi connectivity index (χ1v) is 8.74. The number of nitriles is 1. The van der Waals surface area contributed by atoms with E-state index in [-0.39, 0.29) is 42.5 Å². The summed E-state index contributed by atoms with van der Waals surface area (Å²) in [5.74, 6) is -0.952. The van der Waals surface area contributed by atoms with E-state index in [2.05, 4.69) is 6.07 Å². The number of amides is 3. The fourth-order valence-corrected chi connectivity index (χ4v) is 3.59. The summed E-state index contributed by atoms with van der Waals surface area (Å²) in [6.07, 6.45) is 5.22. The van der Waals surface area contributed by atoms with Gasteiger partial charge in [-0.25, -0.2) is 0 Å². The highest BCUT2D eigenvalue weighted by molar-refractivity contribution is 6.05. The van der Waals surface area contributed by atoms with Crippen molar-refractivity contribution in [3.05, 3.63) is 47.5 Å². The van der Waals surface area contributed by atoms with Gasteiger partial charge in [0.05, 0.1) is 23.5 Å². The predicted molar refractivity (Wildman–Crippen MR) is 94.3 cm³/mol. The average Bonchev–Trinajstić information content (AvgIpc) is 2.90. The predicted octanol–water partition coefficient (Wildman–Crippen LogP) is 1.86. The molecule has 0 bridgehead atoms. The molecule has 1 aliphatic heterocycles. The molecule has 6 nitrogen and oxygen atoms in total. The highest BCUT2D eigenvalue weighted by Gasteiger charge is 2.46. The summed E-state index contributed by atoms with van der Waals surface area (Å²) < 4.78 is 0. The molecular weight excluding hydrogens is 330 g/mol. The first-order valence-electron chi connectivity index (χ1n) is 8.74. The minimum Gasteiger partial charge on any atom is -0.341 e. The molecule has 0 radical (unpaired) electrons. The molecule has 0 aromatic heterocycles. The van der Waals surface area contributed by atoms with E-state index < -0.39 is 0 Å². The minimum absolute atomic E-state index is 0.110. The summed E-state index contributed by atoms with van der Waals surface area (Å²) >= 11 is 0. The molecule has 134 valence electrons. The van der Waals surface area contributed by atoms with Gasteiger partial charge >= 0.3 is 0 Å². The summed E-state index contributed by atoms with van der Waals surface area (Å²) in [5.41, 5.74) is 1.41. The van der Waals surface area contributed by atoms with Crippen LogP contribution >= 0.6 is 0 Å². The van der Waals surface area contributed by atoms with Crippen molar-refractivity contribution < 1.29 is 14.4 Å². The lowest BCUT2D eigenvalue weighted by Gasteiger charge is -2.20. The molecule has 2 atom stereocenters. The monoisotopic (exact) mass is 351 g/mol. The van der Waals surface area contributed by atoms with Gasteiger partial charge in [0, 0.05) is 26.6 Å². The number of nitrogens with zero attached hydrogens (tertiary/aromatic N) is 3. The second kappa shape index (κ2) is 7.52. The van der Waals surface area contributed by atoms with Gasteiger partial charge in [-0.1, -0.05) is 24.3 Å². The van der Waals surface area contributed by atoms with Crippen LogP contribution in [-0.2, 0) is 20.9 Å². The fraction of sp³-hybridized carbons (Fsp3) is 0.400. The molecule has 1 aromatic rings. The first-order chi connectivity index (χ1) is 12.5. The van der Waals surface area contributed by atoms with E-state index in [0.717, 1.165) is 5.56 Å². The largest absolute Gasteiger partial charge is 0.341 e. The molecule has 0 saturated carbocycles. The molecular formula is C20H21N3O3. The summed E-state index contributed by atoms with van der Waals surface area (Å²) in [6, 6.07) is 9.17. The number of rotatable bonds is 5. The highest BCUT2D eigenvalue weighted by atomic mass is 16.2. The Morgan fingerprint density at radius 1 is 1.23 bits per heavy atom. The van der Waals surface area contributed by atoms with Crippen molar-refractivity contribution in [3.63, 3.8) is 0 Å². The molecule has 1 saturated heterocycles. The number of hydrogen-bond donors (Lipinski definition) is 0. The van der Waals surface area contributed by atoms with E-state index >= 15 is 0 Å². The Morgan fingerprint density at radius 3 is 2.50 bits per heavy atom. The number of fused-ring (bicyclic) bond motifs is 1. The minimum atomic E-state index is -0.256. The molecule has 1 fully saturated rings. The van der Waals surface area contributed by atoms with Crippen LogP contribution < -0.4 is 0 Å². The second-order valence-corrected chi connectivity index (χ2v) is 6.80. The number of carbonyl (C=O) groups is 3. The van der Waals surface area contributed by atoms with Crippen LogP contribution in [-0.4, -0.2) is 41.1 Å². The maximum Gasteiger partial charge on any atom is 0.233 e. The van der Waals surface area contributed by atoms with Crippen LogP contribution in [0.25, 0.3) is 0 Å². The molecule has 0 unspecified atom stereocenters. The van der Waals surface area contributed by atoms with Gasteiger partial charge in [0.25, 0.3) is 0 Å². The number of imide groups is 1. The summed E-state index contributed by atoms with van der Waals surface area (Å²) in [4.78, 5) is 40.0. The molecule has 0 N–H and O–H groups in total. The quantitative estimate of drug-likeness (QED) is 0.599. The normalized spacial score (nSPS) is 21.5. The van der Waals surface area contributed by atoms with Crippen molar-refractivity contribution in [2.45, 2.75) is 25.8 Å². The van der Waals surface area contributed by atoms with Crippen LogP contribution in [0.5, 0.6) is 0 Å². The van der Waals surface area contributed by atoms with Crippen LogP contribution in [0.3, 0.4) is 0 Å². The topological polar surface area (TPSA) is 81.5 Å².